The van der Waals surface area contributed by atoms with E-state index < -0.39 is 5.60 Å². The Kier molecular flexibility index (Phi) is 8.51. The summed E-state index contributed by atoms with van der Waals surface area (Å²) in [5.74, 6) is 2.36. The van der Waals surface area contributed by atoms with Gasteiger partial charge in [0.15, 0.2) is 11.0 Å². The van der Waals surface area contributed by atoms with Crippen molar-refractivity contribution in [1.82, 2.24) is 20.2 Å². The van der Waals surface area contributed by atoms with Crippen molar-refractivity contribution in [3.63, 3.8) is 0 Å². The molecule has 182 valence electrons. The summed E-state index contributed by atoms with van der Waals surface area (Å²) in [5, 5.41) is 24.8. The van der Waals surface area contributed by atoms with Crippen LogP contribution in [0.5, 0.6) is 0 Å². The first-order valence-corrected chi connectivity index (χ1v) is 12.1. The van der Waals surface area contributed by atoms with E-state index in [1.807, 2.05) is 46.0 Å². The highest BCUT2D eigenvalue weighted by Gasteiger charge is 2.29. The van der Waals surface area contributed by atoms with E-state index in [1.54, 1.807) is 0 Å². The largest absolute Gasteiger partial charge is 0.390 e. The Balaban J connectivity index is 0.00000103. The van der Waals surface area contributed by atoms with Crippen LogP contribution in [-0.4, -0.2) is 57.3 Å². The van der Waals surface area contributed by atoms with Crippen molar-refractivity contribution in [3.8, 4) is 0 Å². The molecule has 0 atom stereocenters. The Bertz CT molecular complexity index is 1090. The molecule has 1 aliphatic rings. The first kappa shape index (κ1) is 25.5. The maximum Gasteiger partial charge on any atom is 0.196 e. The topological polar surface area (TPSA) is 119 Å². The Morgan fingerprint density at radius 3 is 2.38 bits per heavy atom. The van der Waals surface area contributed by atoms with Gasteiger partial charge in [-0.1, -0.05) is 0 Å². The van der Waals surface area contributed by atoms with Crippen LogP contribution in [0.1, 0.15) is 37.9 Å². The molecule has 0 bridgehead atoms. The molecule has 1 aromatic carbocycles. The monoisotopic (exact) mass is 483 g/mol. The molecule has 1 saturated heterocycles. The van der Waals surface area contributed by atoms with Crippen LogP contribution >= 0.6 is 11.8 Å². The van der Waals surface area contributed by atoms with Gasteiger partial charge in [-0.2, -0.15) is 5.10 Å². The van der Waals surface area contributed by atoms with Gasteiger partial charge in [0.05, 0.1) is 5.60 Å². The third kappa shape index (κ3) is 6.71. The van der Waals surface area contributed by atoms with Crippen LogP contribution in [0.3, 0.4) is 0 Å². The van der Waals surface area contributed by atoms with Gasteiger partial charge in [-0.3, -0.25) is 5.10 Å². The molecule has 10 heteroatoms. The lowest BCUT2D eigenvalue weighted by molar-refractivity contribution is -0.106. The number of aromatic amines is 1. The standard InChI is InChI=1S/C22H29N7OS.C2H4O/c1-14-13-18(28-27-14)24-19-15(2)20(29-11-9-22(3,30)10-12-29)26-21(25-19)31-17-7-5-16(23-4)6-8-17;1-2-3/h5-8,13,23,30H,9-12H2,1-4H3,(H2,24,25,26,27,28);2H,1H3. The summed E-state index contributed by atoms with van der Waals surface area (Å²) in [7, 11) is 1.90. The number of piperidine rings is 1. The number of benzene rings is 1. The zero-order valence-corrected chi connectivity index (χ0v) is 21.2. The third-order valence-electron chi connectivity index (χ3n) is 5.54. The molecule has 4 N–H and O–H groups in total. The molecule has 0 radical (unpaired) electrons. The molecule has 0 saturated carbocycles. The number of anilines is 4. The van der Waals surface area contributed by atoms with Gasteiger partial charge < -0.3 is 25.4 Å². The number of hydrogen-bond acceptors (Lipinski definition) is 9. The number of carbonyl (C=O) groups is 1. The number of rotatable bonds is 6. The van der Waals surface area contributed by atoms with Crippen molar-refractivity contribution in [2.24, 2.45) is 0 Å². The summed E-state index contributed by atoms with van der Waals surface area (Å²) in [6, 6.07) is 10.1. The highest BCUT2D eigenvalue weighted by molar-refractivity contribution is 7.99. The summed E-state index contributed by atoms with van der Waals surface area (Å²) in [4.78, 5) is 21.8. The molecule has 1 aliphatic heterocycles. The van der Waals surface area contributed by atoms with Gasteiger partial charge in [-0.05, 0) is 76.6 Å². The summed E-state index contributed by atoms with van der Waals surface area (Å²) < 4.78 is 0. The average Bonchev–Trinajstić information content (AvgIpc) is 3.21. The highest BCUT2D eigenvalue weighted by Crippen LogP contribution is 2.34. The second-order valence-electron chi connectivity index (χ2n) is 8.46. The summed E-state index contributed by atoms with van der Waals surface area (Å²) in [6.45, 7) is 8.85. The average molecular weight is 484 g/mol. The van der Waals surface area contributed by atoms with Crippen molar-refractivity contribution >= 4 is 41.2 Å². The van der Waals surface area contributed by atoms with E-state index in [1.165, 1.54) is 18.7 Å². The molecule has 9 nitrogen and oxygen atoms in total. The van der Waals surface area contributed by atoms with E-state index in [9.17, 15) is 5.11 Å². The number of aldehydes is 1. The fourth-order valence-electron chi connectivity index (χ4n) is 3.56. The molecule has 4 rings (SSSR count). The number of H-pyrrole nitrogens is 1. The molecular formula is C24H33N7O2S. The quantitative estimate of drug-likeness (QED) is 0.300. The maximum absolute atomic E-state index is 10.4. The summed E-state index contributed by atoms with van der Waals surface area (Å²) >= 11 is 1.53. The number of hydrogen-bond donors (Lipinski definition) is 4. The van der Waals surface area contributed by atoms with E-state index in [2.05, 4.69) is 37.9 Å². The smallest absolute Gasteiger partial charge is 0.196 e. The molecule has 0 spiro atoms. The number of aryl methyl sites for hydroxylation is 1. The van der Waals surface area contributed by atoms with Crippen LogP contribution in [-0.2, 0) is 4.79 Å². The van der Waals surface area contributed by atoms with Crippen LogP contribution in [0.25, 0.3) is 0 Å². The first-order valence-electron chi connectivity index (χ1n) is 11.2. The van der Waals surface area contributed by atoms with E-state index in [0.29, 0.717) is 18.0 Å². The van der Waals surface area contributed by atoms with Gasteiger partial charge in [-0.25, -0.2) is 9.97 Å². The van der Waals surface area contributed by atoms with Crippen molar-refractivity contribution in [2.45, 2.75) is 56.2 Å². The Morgan fingerprint density at radius 1 is 1.18 bits per heavy atom. The molecule has 0 amide bonds. The molecule has 3 heterocycles. The number of nitrogens with zero attached hydrogens (tertiary/aromatic N) is 4. The minimum Gasteiger partial charge on any atom is -0.390 e. The normalized spacial score (nSPS) is 14.7. The van der Waals surface area contributed by atoms with Gasteiger partial charge in [0.25, 0.3) is 0 Å². The van der Waals surface area contributed by atoms with Gasteiger partial charge in [0.1, 0.15) is 17.9 Å². The number of carbonyl (C=O) groups excluding carboxylic acids is 1. The molecule has 0 aliphatic carbocycles. The third-order valence-corrected chi connectivity index (χ3v) is 6.42. The lowest BCUT2D eigenvalue weighted by Gasteiger charge is -2.37. The van der Waals surface area contributed by atoms with Gasteiger partial charge in [0.2, 0.25) is 0 Å². The lowest BCUT2D eigenvalue weighted by Crippen LogP contribution is -2.43. The fraction of sp³-hybridized carbons (Fsp3) is 0.417. The summed E-state index contributed by atoms with van der Waals surface area (Å²) in [5.41, 5.74) is 2.40. The number of aromatic nitrogens is 4. The van der Waals surface area contributed by atoms with Crippen molar-refractivity contribution < 1.29 is 9.90 Å². The molecule has 3 aromatic rings. The van der Waals surface area contributed by atoms with Crippen LogP contribution in [0.2, 0.25) is 0 Å². The van der Waals surface area contributed by atoms with Crippen molar-refractivity contribution in [1.29, 1.82) is 0 Å². The molecular weight excluding hydrogens is 450 g/mol. The second-order valence-corrected chi connectivity index (χ2v) is 9.50. The van der Waals surface area contributed by atoms with E-state index >= 15 is 0 Å². The second kappa shape index (κ2) is 11.3. The van der Waals surface area contributed by atoms with Crippen LogP contribution < -0.4 is 15.5 Å². The SMILES string of the molecule is CC=O.CNc1ccc(Sc2nc(Nc3cc(C)[nH]n3)c(C)c(N3CCC(C)(O)CC3)n2)cc1. The van der Waals surface area contributed by atoms with E-state index in [0.717, 1.165) is 58.7 Å². The van der Waals surface area contributed by atoms with Crippen molar-refractivity contribution in [2.75, 3.05) is 35.7 Å². The van der Waals surface area contributed by atoms with Crippen molar-refractivity contribution in [3.05, 3.63) is 41.6 Å². The molecule has 34 heavy (non-hydrogen) atoms. The van der Waals surface area contributed by atoms with Crippen LogP contribution in [0, 0.1) is 13.8 Å². The number of aliphatic hydroxyl groups is 1. The lowest BCUT2D eigenvalue weighted by atomic mass is 9.94. The fourth-order valence-corrected chi connectivity index (χ4v) is 4.31. The highest BCUT2D eigenvalue weighted by atomic mass is 32.2. The molecule has 2 aromatic heterocycles. The van der Waals surface area contributed by atoms with Crippen LogP contribution in [0.4, 0.5) is 23.1 Å². The minimum absolute atomic E-state index is 0.613. The Morgan fingerprint density at radius 2 is 1.82 bits per heavy atom. The Hall–Kier alpha value is -3.11. The van der Waals surface area contributed by atoms with E-state index in [-0.39, 0.29) is 0 Å². The predicted octanol–water partition coefficient (Wildman–Crippen LogP) is 4.31. The van der Waals surface area contributed by atoms with Gasteiger partial charge in [-0.15, -0.1) is 0 Å². The summed E-state index contributed by atoms with van der Waals surface area (Å²) in [6.07, 6.45) is 2.18. The van der Waals surface area contributed by atoms with Gasteiger partial charge in [0, 0.05) is 48.0 Å². The van der Waals surface area contributed by atoms with Crippen LogP contribution in [0.15, 0.2) is 40.4 Å². The maximum atomic E-state index is 10.4. The first-order chi connectivity index (χ1) is 16.2. The van der Waals surface area contributed by atoms with E-state index in [4.69, 9.17) is 14.8 Å². The molecule has 0 unspecified atom stereocenters. The van der Waals surface area contributed by atoms with Gasteiger partial charge >= 0.3 is 0 Å². The predicted molar refractivity (Wildman–Crippen MR) is 137 cm³/mol. The zero-order valence-electron chi connectivity index (χ0n) is 20.3. The zero-order chi connectivity index (χ0) is 24.7. The number of nitrogens with one attached hydrogen (secondary N) is 3. The Labute approximate surface area is 204 Å². The minimum atomic E-state index is -0.613. The molecule has 1 fully saturated rings.